The maximum atomic E-state index is 5.43. The number of benzene rings is 1. The molecule has 13 heavy (non-hydrogen) atoms. The fourth-order valence-corrected chi connectivity index (χ4v) is 1.35. The van der Waals surface area contributed by atoms with Gasteiger partial charge in [-0.2, -0.15) is 15.4 Å². The first-order valence-corrected chi connectivity index (χ1v) is 4.39. The highest BCUT2D eigenvalue weighted by Crippen LogP contribution is 2.11. The number of nitrogens with two attached hydrogens (primary N) is 1. The molecule has 2 aromatic rings. The number of aryl methyl sites for hydroxylation is 1. The van der Waals surface area contributed by atoms with Crippen LogP contribution in [0.15, 0.2) is 18.2 Å². The van der Waals surface area contributed by atoms with Gasteiger partial charge in [0.15, 0.2) is 0 Å². The van der Waals surface area contributed by atoms with Gasteiger partial charge in [0.25, 0.3) is 0 Å². The number of aromatic nitrogens is 3. The second kappa shape index (κ2) is 3.53. The molecule has 0 atom stereocenters. The molecule has 3 N–H and O–H groups in total. The Bertz CT molecular complexity index is 393. The summed E-state index contributed by atoms with van der Waals surface area (Å²) in [5.41, 5.74) is 8.54. The predicted octanol–water partition coefficient (Wildman–Crippen LogP) is 0.849. The highest BCUT2D eigenvalue weighted by molar-refractivity contribution is 5.74. The second-order valence-corrected chi connectivity index (χ2v) is 3.04. The van der Waals surface area contributed by atoms with E-state index in [1.54, 1.807) is 0 Å². The van der Waals surface area contributed by atoms with Crippen molar-refractivity contribution in [1.82, 2.24) is 15.4 Å². The Morgan fingerprint density at radius 1 is 1.23 bits per heavy atom. The number of H-pyrrole nitrogens is 1. The summed E-state index contributed by atoms with van der Waals surface area (Å²) < 4.78 is 0. The summed E-state index contributed by atoms with van der Waals surface area (Å²) in [6, 6.07) is 6.10. The van der Waals surface area contributed by atoms with Crippen LogP contribution in [-0.4, -0.2) is 22.0 Å². The molecule has 0 radical (unpaired) electrons. The van der Waals surface area contributed by atoms with E-state index in [9.17, 15) is 0 Å². The maximum absolute atomic E-state index is 5.43. The van der Waals surface area contributed by atoms with Crippen LogP contribution < -0.4 is 5.73 Å². The van der Waals surface area contributed by atoms with E-state index in [4.69, 9.17) is 5.73 Å². The van der Waals surface area contributed by atoms with Crippen molar-refractivity contribution >= 4 is 11.0 Å². The van der Waals surface area contributed by atoms with E-state index in [-0.39, 0.29) is 0 Å². The number of aromatic amines is 1. The van der Waals surface area contributed by atoms with Crippen molar-refractivity contribution in [2.75, 3.05) is 6.54 Å². The number of nitrogens with zero attached hydrogens (tertiary/aromatic N) is 2. The molecule has 0 amide bonds. The first-order chi connectivity index (χ1) is 6.40. The van der Waals surface area contributed by atoms with E-state index in [2.05, 4.69) is 27.5 Å². The third kappa shape index (κ3) is 1.67. The first kappa shape index (κ1) is 8.19. The van der Waals surface area contributed by atoms with Gasteiger partial charge in [-0.1, -0.05) is 6.07 Å². The maximum Gasteiger partial charge on any atom is 0.113 e. The molecule has 4 heteroatoms. The monoisotopic (exact) mass is 176 g/mol. The van der Waals surface area contributed by atoms with Gasteiger partial charge in [-0.15, -0.1) is 0 Å². The van der Waals surface area contributed by atoms with Crippen molar-refractivity contribution in [3.8, 4) is 0 Å². The Balaban J connectivity index is 2.26. The lowest BCUT2D eigenvalue weighted by Crippen LogP contribution is -2.00. The van der Waals surface area contributed by atoms with Gasteiger partial charge < -0.3 is 5.73 Å². The third-order valence-corrected chi connectivity index (χ3v) is 2.05. The van der Waals surface area contributed by atoms with Crippen molar-refractivity contribution in [2.45, 2.75) is 12.8 Å². The number of hydrogen-bond donors (Lipinski definition) is 2. The zero-order chi connectivity index (χ0) is 9.10. The standard InChI is InChI=1S/C9H12N4/c10-5-1-2-7-3-4-8-9(6-7)12-13-11-8/h3-4,6H,1-2,5,10H2,(H,11,12,13). The van der Waals surface area contributed by atoms with Crippen molar-refractivity contribution < 1.29 is 0 Å². The molecule has 1 aromatic heterocycles. The molecule has 0 fully saturated rings. The van der Waals surface area contributed by atoms with Crippen LogP contribution in [0.5, 0.6) is 0 Å². The quantitative estimate of drug-likeness (QED) is 0.728. The van der Waals surface area contributed by atoms with Crippen LogP contribution in [0.25, 0.3) is 11.0 Å². The largest absolute Gasteiger partial charge is 0.330 e. The van der Waals surface area contributed by atoms with Gasteiger partial charge in [-0.05, 0) is 37.1 Å². The molecule has 0 saturated heterocycles. The van der Waals surface area contributed by atoms with E-state index in [0.717, 1.165) is 30.4 Å². The Labute approximate surface area is 76.1 Å². The topological polar surface area (TPSA) is 67.6 Å². The van der Waals surface area contributed by atoms with Crippen LogP contribution in [0.4, 0.5) is 0 Å². The summed E-state index contributed by atoms with van der Waals surface area (Å²) in [7, 11) is 0. The van der Waals surface area contributed by atoms with Crippen molar-refractivity contribution in [1.29, 1.82) is 0 Å². The molecule has 0 bridgehead atoms. The Hall–Kier alpha value is -1.42. The molecule has 1 aromatic carbocycles. The average Bonchev–Trinajstić information content (AvgIpc) is 2.61. The fourth-order valence-electron chi connectivity index (χ4n) is 1.35. The molecule has 1 heterocycles. The molecule has 4 nitrogen and oxygen atoms in total. The summed E-state index contributed by atoms with van der Waals surface area (Å²) in [5, 5.41) is 10.6. The van der Waals surface area contributed by atoms with Crippen LogP contribution in [0, 0.1) is 0 Å². The van der Waals surface area contributed by atoms with E-state index in [0.29, 0.717) is 0 Å². The first-order valence-electron chi connectivity index (χ1n) is 4.39. The Kier molecular flexibility index (Phi) is 2.23. The van der Waals surface area contributed by atoms with Gasteiger partial charge in [-0.25, -0.2) is 0 Å². The number of rotatable bonds is 3. The van der Waals surface area contributed by atoms with Gasteiger partial charge >= 0.3 is 0 Å². The van der Waals surface area contributed by atoms with Gasteiger partial charge in [0, 0.05) is 0 Å². The van der Waals surface area contributed by atoms with Crippen molar-refractivity contribution in [3.05, 3.63) is 23.8 Å². The molecule has 0 saturated carbocycles. The molecular formula is C9H12N4. The zero-order valence-corrected chi connectivity index (χ0v) is 7.33. The number of hydrogen-bond acceptors (Lipinski definition) is 3. The third-order valence-electron chi connectivity index (χ3n) is 2.05. The summed E-state index contributed by atoms with van der Waals surface area (Å²) >= 11 is 0. The summed E-state index contributed by atoms with van der Waals surface area (Å²) in [6.07, 6.45) is 2.03. The van der Waals surface area contributed by atoms with E-state index >= 15 is 0 Å². The molecule has 2 rings (SSSR count). The second-order valence-electron chi connectivity index (χ2n) is 3.04. The molecule has 0 aliphatic carbocycles. The zero-order valence-electron chi connectivity index (χ0n) is 7.33. The van der Waals surface area contributed by atoms with Crippen LogP contribution in [0.1, 0.15) is 12.0 Å². The highest BCUT2D eigenvalue weighted by Gasteiger charge is 1.98. The molecule has 0 spiro atoms. The minimum absolute atomic E-state index is 0.733. The minimum Gasteiger partial charge on any atom is -0.330 e. The lowest BCUT2D eigenvalue weighted by Gasteiger charge is -1.97. The van der Waals surface area contributed by atoms with E-state index in [1.165, 1.54) is 5.56 Å². The molecule has 0 unspecified atom stereocenters. The van der Waals surface area contributed by atoms with Crippen LogP contribution in [-0.2, 0) is 6.42 Å². The Morgan fingerprint density at radius 2 is 2.08 bits per heavy atom. The molecule has 68 valence electrons. The lowest BCUT2D eigenvalue weighted by atomic mass is 10.1. The lowest BCUT2D eigenvalue weighted by molar-refractivity contribution is 0.833. The van der Waals surface area contributed by atoms with Gasteiger partial charge in [-0.3, -0.25) is 0 Å². The minimum atomic E-state index is 0.733. The van der Waals surface area contributed by atoms with Crippen molar-refractivity contribution in [3.63, 3.8) is 0 Å². The predicted molar refractivity (Wildman–Crippen MR) is 51.3 cm³/mol. The van der Waals surface area contributed by atoms with E-state index in [1.807, 2.05) is 6.07 Å². The summed E-state index contributed by atoms with van der Waals surface area (Å²) in [5.74, 6) is 0. The van der Waals surface area contributed by atoms with Crippen LogP contribution >= 0.6 is 0 Å². The van der Waals surface area contributed by atoms with E-state index < -0.39 is 0 Å². The molecular weight excluding hydrogens is 164 g/mol. The van der Waals surface area contributed by atoms with Crippen molar-refractivity contribution in [2.24, 2.45) is 5.73 Å². The molecule has 0 aliphatic heterocycles. The fraction of sp³-hybridized carbons (Fsp3) is 0.333. The van der Waals surface area contributed by atoms with Gasteiger partial charge in [0.05, 0.1) is 0 Å². The normalized spacial score (nSPS) is 10.8. The van der Waals surface area contributed by atoms with Gasteiger partial charge in [0.1, 0.15) is 11.0 Å². The summed E-state index contributed by atoms with van der Waals surface area (Å²) in [6.45, 7) is 0.733. The van der Waals surface area contributed by atoms with Gasteiger partial charge in [0.2, 0.25) is 0 Å². The number of fused-ring (bicyclic) bond motifs is 1. The van der Waals surface area contributed by atoms with Crippen LogP contribution in [0.2, 0.25) is 0 Å². The Morgan fingerprint density at radius 3 is 2.92 bits per heavy atom. The van der Waals surface area contributed by atoms with Crippen LogP contribution in [0.3, 0.4) is 0 Å². The SMILES string of the molecule is NCCCc1ccc2n[nH]nc2c1. The number of nitrogens with one attached hydrogen (secondary N) is 1. The molecule has 0 aliphatic rings. The highest BCUT2D eigenvalue weighted by atomic mass is 15.3. The summed E-state index contributed by atoms with van der Waals surface area (Å²) in [4.78, 5) is 0. The average molecular weight is 176 g/mol. The smallest absolute Gasteiger partial charge is 0.113 e.